The third-order valence-electron chi connectivity index (χ3n) is 5.11. The monoisotopic (exact) mass is 463 g/mol. The minimum absolute atomic E-state index is 0.0503. The molecule has 3 nitrogen and oxygen atoms in total. The van der Waals surface area contributed by atoms with E-state index in [0.29, 0.717) is 12.1 Å². The molecule has 3 rings (SSSR count). The Kier molecular flexibility index (Phi) is 4.62. The molecule has 4 atom stereocenters. The van der Waals surface area contributed by atoms with Gasteiger partial charge in [-0.25, -0.2) is 0 Å². The van der Waals surface area contributed by atoms with Crippen LogP contribution in [0.3, 0.4) is 0 Å². The van der Waals surface area contributed by atoms with Crippen LogP contribution in [-0.4, -0.2) is 37.1 Å². The van der Waals surface area contributed by atoms with Crippen LogP contribution in [-0.2, 0) is 9.53 Å². The van der Waals surface area contributed by atoms with E-state index in [1.165, 1.54) is 22.7 Å². The predicted molar refractivity (Wildman–Crippen MR) is 94.3 cm³/mol. The third-order valence-corrected chi connectivity index (χ3v) is 7.45. The molecule has 0 saturated carbocycles. The number of hydrogen-bond acceptors (Lipinski definition) is 3. The normalized spacial score (nSPS) is 32.2. The zero-order valence-electron chi connectivity index (χ0n) is 12.2. The average Bonchev–Trinajstić information content (AvgIpc) is 2.72. The summed E-state index contributed by atoms with van der Waals surface area (Å²) in [6.45, 7) is 0. The van der Waals surface area contributed by atoms with Crippen LogP contribution in [0.5, 0.6) is 0 Å². The summed E-state index contributed by atoms with van der Waals surface area (Å²) >= 11 is 5.93. The summed E-state index contributed by atoms with van der Waals surface area (Å²) < 4.78 is 7.42. The second kappa shape index (κ2) is 6.16. The quantitative estimate of drug-likeness (QED) is 0.493. The van der Waals surface area contributed by atoms with Crippen molar-refractivity contribution in [3.8, 4) is 0 Å². The van der Waals surface area contributed by atoms with E-state index in [9.17, 15) is 4.79 Å². The molecular formula is C16H19BrINO2. The molecule has 2 heterocycles. The van der Waals surface area contributed by atoms with Gasteiger partial charge in [-0.1, -0.05) is 6.07 Å². The third kappa shape index (κ3) is 2.77. The number of piperidine rings is 1. The summed E-state index contributed by atoms with van der Waals surface area (Å²) in [5, 5.41) is 0. The molecule has 0 amide bonds. The highest BCUT2D eigenvalue weighted by atomic mass is 127. The van der Waals surface area contributed by atoms with Gasteiger partial charge in [0.1, 0.15) is 0 Å². The van der Waals surface area contributed by atoms with Gasteiger partial charge in [-0.05, 0) is 82.5 Å². The minimum Gasteiger partial charge on any atom is -0.469 e. The Hall–Kier alpha value is -0.140. The summed E-state index contributed by atoms with van der Waals surface area (Å²) in [7, 11) is 3.66. The van der Waals surface area contributed by atoms with Crippen molar-refractivity contribution >= 4 is 44.5 Å². The molecule has 2 saturated heterocycles. The van der Waals surface area contributed by atoms with Crippen molar-refractivity contribution in [2.24, 2.45) is 5.92 Å². The fourth-order valence-corrected chi connectivity index (χ4v) is 4.74. The van der Waals surface area contributed by atoms with Crippen LogP contribution >= 0.6 is 38.5 Å². The van der Waals surface area contributed by atoms with Crippen molar-refractivity contribution in [1.82, 2.24) is 4.90 Å². The first kappa shape index (κ1) is 15.7. The van der Waals surface area contributed by atoms with E-state index in [0.717, 1.165) is 17.3 Å². The van der Waals surface area contributed by atoms with Crippen LogP contribution in [0.25, 0.3) is 0 Å². The number of benzene rings is 1. The van der Waals surface area contributed by atoms with E-state index >= 15 is 0 Å². The molecule has 0 aliphatic carbocycles. The summed E-state index contributed by atoms with van der Waals surface area (Å²) in [4.78, 5) is 14.8. The van der Waals surface area contributed by atoms with Crippen LogP contribution in [0.4, 0.5) is 0 Å². The molecule has 0 spiro atoms. The number of carbonyl (C=O) groups excluding carboxylic acids is 1. The number of rotatable bonds is 2. The van der Waals surface area contributed by atoms with Crippen molar-refractivity contribution < 1.29 is 9.53 Å². The number of esters is 1. The molecule has 1 aromatic carbocycles. The van der Waals surface area contributed by atoms with Gasteiger partial charge in [-0.2, -0.15) is 0 Å². The zero-order chi connectivity index (χ0) is 15.1. The summed E-state index contributed by atoms with van der Waals surface area (Å²) in [5.74, 6) is 0.150. The molecule has 2 aliphatic heterocycles. The van der Waals surface area contributed by atoms with E-state index in [1.807, 2.05) is 0 Å². The van der Waals surface area contributed by atoms with Crippen molar-refractivity contribution in [3.63, 3.8) is 0 Å². The smallest absolute Gasteiger partial charge is 0.310 e. The van der Waals surface area contributed by atoms with Crippen LogP contribution in [0, 0.1) is 9.49 Å². The Labute approximate surface area is 147 Å². The summed E-state index contributed by atoms with van der Waals surface area (Å²) in [6.07, 6.45) is 3.33. The SMILES string of the molecule is COC(=O)C1C(c2ccc(I)c(Br)c2)CC2CCC1N2C. The molecule has 4 unspecified atom stereocenters. The Morgan fingerprint density at radius 2 is 2.19 bits per heavy atom. The van der Waals surface area contributed by atoms with Crippen LogP contribution < -0.4 is 0 Å². The molecule has 114 valence electrons. The van der Waals surface area contributed by atoms with Gasteiger partial charge in [0.2, 0.25) is 0 Å². The second-order valence-electron chi connectivity index (χ2n) is 6.03. The molecule has 0 radical (unpaired) electrons. The number of nitrogens with zero attached hydrogens (tertiary/aromatic N) is 1. The van der Waals surface area contributed by atoms with Gasteiger partial charge in [0.05, 0.1) is 13.0 Å². The number of hydrogen-bond donors (Lipinski definition) is 0. The van der Waals surface area contributed by atoms with Gasteiger partial charge in [-0.15, -0.1) is 0 Å². The standard InChI is InChI=1S/C16H19BrINO2/c1-19-10-4-6-14(19)15(16(20)21-2)11(8-10)9-3-5-13(18)12(17)7-9/h3,5,7,10-11,14-15H,4,6,8H2,1-2H3. The van der Waals surface area contributed by atoms with Gasteiger partial charge in [-0.3, -0.25) is 9.69 Å². The Balaban J connectivity index is 1.98. The highest BCUT2D eigenvalue weighted by molar-refractivity contribution is 14.1. The topological polar surface area (TPSA) is 29.5 Å². The largest absolute Gasteiger partial charge is 0.469 e. The maximum absolute atomic E-state index is 12.4. The lowest BCUT2D eigenvalue weighted by Gasteiger charge is -2.41. The van der Waals surface area contributed by atoms with Crippen molar-refractivity contribution in [2.45, 2.75) is 37.3 Å². The summed E-state index contributed by atoms with van der Waals surface area (Å²) in [6, 6.07) is 7.37. The van der Waals surface area contributed by atoms with E-state index in [4.69, 9.17) is 4.74 Å². The van der Waals surface area contributed by atoms with Crippen molar-refractivity contribution in [2.75, 3.05) is 14.2 Å². The molecule has 0 aromatic heterocycles. The van der Waals surface area contributed by atoms with Gasteiger partial charge in [0.25, 0.3) is 0 Å². The van der Waals surface area contributed by atoms with E-state index in [1.54, 1.807) is 0 Å². The fourth-order valence-electron chi connectivity index (χ4n) is 4.01. The molecular weight excluding hydrogens is 445 g/mol. The first-order chi connectivity index (χ1) is 10.0. The Morgan fingerprint density at radius 1 is 1.43 bits per heavy atom. The number of fused-ring (bicyclic) bond motifs is 2. The van der Waals surface area contributed by atoms with Gasteiger partial charge in [0, 0.05) is 26.0 Å². The predicted octanol–water partition coefficient (Wildman–Crippen LogP) is 3.79. The molecule has 0 N–H and O–H groups in total. The highest BCUT2D eigenvalue weighted by Gasteiger charge is 2.49. The zero-order valence-corrected chi connectivity index (χ0v) is 15.9. The molecule has 2 aliphatic rings. The lowest BCUT2D eigenvalue weighted by atomic mass is 9.76. The number of ether oxygens (including phenoxy) is 1. The Bertz CT molecular complexity index is 565. The van der Waals surface area contributed by atoms with Gasteiger partial charge in [0.15, 0.2) is 0 Å². The number of carbonyl (C=O) groups is 1. The lowest BCUT2D eigenvalue weighted by Crippen LogP contribution is -2.49. The highest BCUT2D eigenvalue weighted by Crippen LogP contribution is 2.47. The number of halogens is 2. The molecule has 5 heteroatoms. The second-order valence-corrected chi connectivity index (χ2v) is 8.05. The van der Waals surface area contributed by atoms with Crippen molar-refractivity contribution in [1.29, 1.82) is 0 Å². The molecule has 1 aromatic rings. The lowest BCUT2D eigenvalue weighted by molar-refractivity contribution is -0.150. The van der Waals surface area contributed by atoms with Crippen LogP contribution in [0.2, 0.25) is 0 Å². The van der Waals surface area contributed by atoms with Crippen molar-refractivity contribution in [3.05, 3.63) is 31.8 Å². The maximum atomic E-state index is 12.4. The van der Waals surface area contributed by atoms with Crippen LogP contribution in [0.15, 0.2) is 22.7 Å². The molecule has 2 fully saturated rings. The van der Waals surface area contributed by atoms with E-state index in [2.05, 4.69) is 68.7 Å². The summed E-state index contributed by atoms with van der Waals surface area (Å²) in [5.41, 5.74) is 1.25. The first-order valence-electron chi connectivity index (χ1n) is 7.27. The van der Waals surface area contributed by atoms with Crippen LogP contribution in [0.1, 0.15) is 30.7 Å². The fraction of sp³-hybridized carbons (Fsp3) is 0.562. The first-order valence-corrected chi connectivity index (χ1v) is 9.14. The number of methoxy groups -OCH3 is 1. The van der Waals surface area contributed by atoms with E-state index in [-0.39, 0.29) is 17.8 Å². The van der Waals surface area contributed by atoms with E-state index < -0.39 is 0 Å². The maximum Gasteiger partial charge on any atom is 0.310 e. The minimum atomic E-state index is -0.0631. The molecule has 2 bridgehead atoms. The van der Waals surface area contributed by atoms with Gasteiger partial charge < -0.3 is 4.74 Å². The Morgan fingerprint density at radius 3 is 2.86 bits per heavy atom. The van der Waals surface area contributed by atoms with Gasteiger partial charge >= 0.3 is 5.97 Å². The average molecular weight is 464 g/mol. The molecule has 21 heavy (non-hydrogen) atoms.